The van der Waals surface area contributed by atoms with Gasteiger partial charge in [0.1, 0.15) is 5.75 Å². The Kier molecular flexibility index (Phi) is 4.46. The van der Waals surface area contributed by atoms with E-state index in [2.05, 4.69) is 20.5 Å². The Morgan fingerprint density at radius 2 is 2.05 bits per heavy atom. The number of aromatic nitrogens is 2. The molecule has 2 aromatic rings. The first-order valence-electron chi connectivity index (χ1n) is 5.66. The molecule has 0 aliphatic rings. The minimum atomic E-state index is -2.89. The number of hydrogen-bond donors (Lipinski definition) is 2. The van der Waals surface area contributed by atoms with Crippen LogP contribution in [0.15, 0.2) is 36.5 Å². The second kappa shape index (κ2) is 6.29. The molecule has 2 rings (SSSR count). The molecule has 0 saturated heterocycles. The number of para-hydroxylation sites is 2. The zero-order valence-corrected chi connectivity index (χ0v) is 11.3. The quantitative estimate of drug-likeness (QED) is 0.850. The van der Waals surface area contributed by atoms with Crippen molar-refractivity contribution in [3.63, 3.8) is 0 Å². The van der Waals surface area contributed by atoms with Crippen LogP contribution in [-0.2, 0) is 7.05 Å². The van der Waals surface area contributed by atoms with Gasteiger partial charge in [0, 0.05) is 19.3 Å². The van der Waals surface area contributed by atoms with Crippen LogP contribution in [0, 0.1) is 0 Å². The molecule has 0 bridgehead atoms. The van der Waals surface area contributed by atoms with Crippen LogP contribution in [0.25, 0.3) is 0 Å². The van der Waals surface area contributed by atoms with E-state index in [0.717, 1.165) is 0 Å². The van der Waals surface area contributed by atoms with Crippen molar-refractivity contribution < 1.29 is 13.5 Å². The van der Waals surface area contributed by atoms with Gasteiger partial charge >= 0.3 is 6.61 Å². The van der Waals surface area contributed by atoms with Crippen molar-refractivity contribution in [1.29, 1.82) is 0 Å². The zero-order valence-electron chi connectivity index (χ0n) is 10.5. The third kappa shape index (κ3) is 3.89. The molecule has 0 fully saturated rings. The van der Waals surface area contributed by atoms with Gasteiger partial charge in [0.05, 0.1) is 5.69 Å². The average Bonchev–Trinajstić information content (AvgIpc) is 2.76. The molecule has 1 aromatic carbocycles. The van der Waals surface area contributed by atoms with E-state index in [9.17, 15) is 8.78 Å². The van der Waals surface area contributed by atoms with E-state index in [-0.39, 0.29) is 10.9 Å². The van der Waals surface area contributed by atoms with Gasteiger partial charge in [-0.1, -0.05) is 12.1 Å². The molecule has 0 atom stereocenters. The average molecular weight is 298 g/mol. The van der Waals surface area contributed by atoms with Crippen LogP contribution in [0.5, 0.6) is 5.75 Å². The van der Waals surface area contributed by atoms with E-state index >= 15 is 0 Å². The summed E-state index contributed by atoms with van der Waals surface area (Å²) in [7, 11) is 1.77. The van der Waals surface area contributed by atoms with Crippen molar-refractivity contribution in [3.8, 4) is 5.75 Å². The number of nitrogens with zero attached hydrogens (tertiary/aromatic N) is 2. The number of ether oxygens (including phenoxy) is 1. The van der Waals surface area contributed by atoms with Crippen LogP contribution < -0.4 is 15.4 Å². The van der Waals surface area contributed by atoms with Crippen LogP contribution in [0.1, 0.15) is 0 Å². The lowest BCUT2D eigenvalue weighted by Gasteiger charge is -2.13. The molecule has 1 aromatic heterocycles. The van der Waals surface area contributed by atoms with Crippen molar-refractivity contribution in [2.75, 3.05) is 10.6 Å². The maximum atomic E-state index is 12.3. The lowest BCUT2D eigenvalue weighted by molar-refractivity contribution is -0.0493. The van der Waals surface area contributed by atoms with Gasteiger partial charge in [-0.25, -0.2) is 0 Å². The Balaban J connectivity index is 2.04. The number of halogens is 2. The molecule has 5 nitrogen and oxygen atoms in total. The summed E-state index contributed by atoms with van der Waals surface area (Å²) in [5.74, 6) is 0.574. The third-order valence-corrected chi connectivity index (χ3v) is 2.51. The van der Waals surface area contributed by atoms with Gasteiger partial charge in [-0.05, 0) is 24.4 Å². The lowest BCUT2D eigenvalue weighted by Crippen LogP contribution is -2.20. The Morgan fingerprint density at radius 1 is 1.30 bits per heavy atom. The molecule has 0 aliphatic carbocycles. The number of aryl methyl sites for hydroxylation is 1. The zero-order chi connectivity index (χ0) is 14.5. The SMILES string of the molecule is Cn1ccc(NC(=S)Nc2ccccc2OC(F)F)n1. The van der Waals surface area contributed by atoms with Gasteiger partial charge < -0.3 is 15.4 Å². The molecule has 0 unspecified atom stereocenters. The number of rotatable bonds is 4. The predicted octanol–water partition coefficient (Wildman–Crippen LogP) is 2.83. The molecule has 0 radical (unpaired) electrons. The van der Waals surface area contributed by atoms with Crippen molar-refractivity contribution in [3.05, 3.63) is 36.5 Å². The van der Waals surface area contributed by atoms with Gasteiger partial charge in [-0.2, -0.15) is 13.9 Å². The molecule has 2 N–H and O–H groups in total. The minimum Gasteiger partial charge on any atom is -0.433 e. The molecule has 20 heavy (non-hydrogen) atoms. The molecule has 0 saturated carbocycles. The summed E-state index contributed by atoms with van der Waals surface area (Å²) in [6.45, 7) is -2.89. The summed E-state index contributed by atoms with van der Waals surface area (Å²) >= 11 is 5.09. The van der Waals surface area contributed by atoms with Crippen LogP contribution >= 0.6 is 12.2 Å². The van der Waals surface area contributed by atoms with Crippen molar-refractivity contribution in [1.82, 2.24) is 9.78 Å². The number of thiocarbonyl (C=S) groups is 1. The Bertz CT molecular complexity index is 603. The lowest BCUT2D eigenvalue weighted by atomic mass is 10.3. The Labute approximate surface area is 119 Å². The van der Waals surface area contributed by atoms with E-state index < -0.39 is 6.61 Å². The molecule has 0 spiro atoms. The van der Waals surface area contributed by atoms with Crippen LogP contribution in [0.2, 0.25) is 0 Å². The molecular formula is C12H12F2N4OS. The summed E-state index contributed by atoms with van der Waals surface area (Å²) in [6.07, 6.45) is 1.75. The summed E-state index contributed by atoms with van der Waals surface area (Å²) in [6, 6.07) is 8.03. The monoisotopic (exact) mass is 298 g/mol. The second-order valence-electron chi connectivity index (χ2n) is 3.83. The number of hydrogen-bond acceptors (Lipinski definition) is 3. The summed E-state index contributed by atoms with van der Waals surface area (Å²) in [5, 5.41) is 9.94. The van der Waals surface area contributed by atoms with Crippen LogP contribution in [-0.4, -0.2) is 21.5 Å². The van der Waals surface area contributed by atoms with Crippen LogP contribution in [0.4, 0.5) is 20.3 Å². The number of anilines is 2. The van der Waals surface area contributed by atoms with Crippen molar-refractivity contribution >= 4 is 28.8 Å². The first kappa shape index (κ1) is 14.2. The molecule has 106 valence electrons. The molecule has 8 heteroatoms. The maximum absolute atomic E-state index is 12.3. The Morgan fingerprint density at radius 3 is 2.70 bits per heavy atom. The van der Waals surface area contributed by atoms with Crippen LogP contribution in [0.3, 0.4) is 0 Å². The van der Waals surface area contributed by atoms with Crippen molar-refractivity contribution in [2.45, 2.75) is 6.61 Å². The highest BCUT2D eigenvalue weighted by atomic mass is 32.1. The second-order valence-corrected chi connectivity index (χ2v) is 4.24. The number of alkyl halides is 2. The Hall–Kier alpha value is -2.22. The maximum Gasteiger partial charge on any atom is 0.387 e. The van der Waals surface area contributed by atoms with E-state index in [1.807, 2.05) is 0 Å². The van der Waals surface area contributed by atoms with E-state index in [0.29, 0.717) is 11.5 Å². The predicted molar refractivity (Wildman–Crippen MR) is 76.1 cm³/mol. The molecule has 1 heterocycles. The summed E-state index contributed by atoms with van der Waals surface area (Å²) < 4.78 is 30.6. The smallest absolute Gasteiger partial charge is 0.387 e. The molecule has 0 aliphatic heterocycles. The van der Waals surface area contributed by atoms with Gasteiger partial charge in [0.25, 0.3) is 0 Å². The highest BCUT2D eigenvalue weighted by molar-refractivity contribution is 7.80. The topological polar surface area (TPSA) is 51.1 Å². The summed E-state index contributed by atoms with van der Waals surface area (Å²) in [4.78, 5) is 0. The van der Waals surface area contributed by atoms with E-state index in [1.165, 1.54) is 6.07 Å². The van der Waals surface area contributed by atoms with Gasteiger partial charge in [-0.3, -0.25) is 4.68 Å². The standard InChI is InChI=1S/C12H12F2N4OS/c1-18-7-6-10(17-18)16-12(20)15-8-4-2-3-5-9(8)19-11(13)14/h2-7,11H,1H3,(H2,15,16,17,20). The normalized spacial score (nSPS) is 10.4. The number of benzene rings is 1. The first-order valence-corrected chi connectivity index (χ1v) is 6.07. The number of nitrogens with one attached hydrogen (secondary N) is 2. The van der Waals surface area contributed by atoms with Gasteiger partial charge in [0.2, 0.25) is 0 Å². The highest BCUT2D eigenvalue weighted by Gasteiger charge is 2.10. The first-order chi connectivity index (χ1) is 9.54. The van der Waals surface area contributed by atoms with Crippen molar-refractivity contribution in [2.24, 2.45) is 7.05 Å². The highest BCUT2D eigenvalue weighted by Crippen LogP contribution is 2.25. The van der Waals surface area contributed by atoms with E-state index in [1.54, 1.807) is 42.2 Å². The largest absolute Gasteiger partial charge is 0.433 e. The third-order valence-electron chi connectivity index (χ3n) is 2.31. The summed E-state index contributed by atoms with van der Waals surface area (Å²) in [5.41, 5.74) is 0.348. The minimum absolute atomic E-state index is 0.0210. The van der Waals surface area contributed by atoms with Gasteiger partial charge in [0.15, 0.2) is 10.9 Å². The van der Waals surface area contributed by atoms with E-state index in [4.69, 9.17) is 12.2 Å². The molecule has 0 amide bonds. The fraction of sp³-hybridized carbons (Fsp3) is 0.167. The van der Waals surface area contributed by atoms with Gasteiger partial charge in [-0.15, -0.1) is 0 Å². The fourth-order valence-electron chi connectivity index (χ4n) is 1.52. The fourth-order valence-corrected chi connectivity index (χ4v) is 1.73. The molecular weight excluding hydrogens is 286 g/mol.